The van der Waals surface area contributed by atoms with Gasteiger partial charge in [-0.15, -0.1) is 13.2 Å². The summed E-state index contributed by atoms with van der Waals surface area (Å²) in [6, 6.07) is 13.5. The number of ether oxygens (including phenoxy) is 1. The van der Waals surface area contributed by atoms with E-state index in [1.165, 1.54) is 18.2 Å². The molecule has 1 N–H and O–H groups in total. The van der Waals surface area contributed by atoms with E-state index in [2.05, 4.69) is 10.1 Å². The Labute approximate surface area is 148 Å². The van der Waals surface area contributed by atoms with E-state index in [-0.39, 0.29) is 30.2 Å². The van der Waals surface area contributed by atoms with Crippen molar-refractivity contribution in [2.75, 3.05) is 0 Å². The monoisotopic (exact) mass is 362 g/mol. The van der Waals surface area contributed by atoms with Crippen LogP contribution in [0.2, 0.25) is 0 Å². The molecule has 0 aliphatic carbocycles. The Morgan fingerprint density at radius 3 is 2.54 bits per heavy atom. The number of hydrogen-bond acceptors (Lipinski definition) is 2. The van der Waals surface area contributed by atoms with E-state index in [1.807, 2.05) is 42.1 Å². The molecule has 0 saturated carbocycles. The maximum Gasteiger partial charge on any atom is 0.573 e. The molecular weight excluding hydrogens is 345 g/mol. The highest BCUT2D eigenvalue weighted by atomic mass is 19.4. The first-order chi connectivity index (χ1) is 12.3. The first-order valence-corrected chi connectivity index (χ1v) is 7.97. The minimum absolute atomic E-state index is 0.0458. The van der Waals surface area contributed by atoms with E-state index >= 15 is 0 Å². The molecule has 2 aromatic carbocycles. The molecule has 1 amide bonds. The third kappa shape index (κ3) is 4.17. The lowest BCUT2D eigenvalue weighted by Crippen LogP contribution is -2.25. The van der Waals surface area contributed by atoms with Crippen LogP contribution in [0.4, 0.5) is 13.2 Å². The van der Waals surface area contributed by atoms with Gasteiger partial charge in [-0.05, 0) is 17.7 Å². The highest BCUT2D eigenvalue weighted by Crippen LogP contribution is 2.26. The summed E-state index contributed by atoms with van der Waals surface area (Å²) in [6.07, 6.45) is -2.75. The van der Waals surface area contributed by atoms with Crippen LogP contribution in [0.1, 0.15) is 11.1 Å². The Kier molecular flexibility index (Phi) is 4.88. The lowest BCUT2D eigenvalue weighted by molar-refractivity contribution is -0.274. The standard InChI is InChI=1S/C19H17F3N2O2/c1-24-12-14(15-7-3-4-8-16(15)24)10-18(25)23-11-13-6-2-5-9-17(13)26-19(20,21)22/h2-9,12H,10-11H2,1H3,(H,23,25). The summed E-state index contributed by atoms with van der Waals surface area (Å²) in [5.41, 5.74) is 2.13. The van der Waals surface area contributed by atoms with Crippen LogP contribution in [0.3, 0.4) is 0 Å². The number of nitrogens with zero attached hydrogens (tertiary/aromatic N) is 1. The zero-order chi connectivity index (χ0) is 18.7. The van der Waals surface area contributed by atoms with E-state index in [1.54, 1.807) is 6.07 Å². The van der Waals surface area contributed by atoms with Crippen LogP contribution in [0.15, 0.2) is 54.7 Å². The third-order valence-corrected chi connectivity index (χ3v) is 4.00. The molecule has 0 fully saturated rings. The van der Waals surface area contributed by atoms with Crippen LogP contribution in [0.5, 0.6) is 5.75 Å². The Balaban J connectivity index is 1.68. The largest absolute Gasteiger partial charge is 0.573 e. The van der Waals surface area contributed by atoms with E-state index < -0.39 is 6.36 Å². The summed E-state index contributed by atoms with van der Waals surface area (Å²) < 4.78 is 43.3. The Bertz CT molecular complexity index is 932. The second-order valence-corrected chi connectivity index (χ2v) is 5.89. The smallest absolute Gasteiger partial charge is 0.405 e. The maximum absolute atomic E-state index is 12.4. The molecular formula is C19H17F3N2O2. The van der Waals surface area contributed by atoms with Gasteiger partial charge < -0.3 is 14.6 Å². The van der Waals surface area contributed by atoms with Gasteiger partial charge in [0, 0.05) is 36.3 Å². The molecule has 0 bridgehead atoms. The van der Waals surface area contributed by atoms with Crippen molar-refractivity contribution in [3.63, 3.8) is 0 Å². The number of carbonyl (C=O) groups is 1. The average Bonchev–Trinajstić information content (AvgIpc) is 2.89. The van der Waals surface area contributed by atoms with Gasteiger partial charge in [0.25, 0.3) is 0 Å². The summed E-state index contributed by atoms with van der Waals surface area (Å²) in [4.78, 5) is 12.3. The van der Waals surface area contributed by atoms with E-state index in [0.29, 0.717) is 0 Å². The number of aryl methyl sites for hydroxylation is 1. The molecule has 136 valence electrons. The van der Waals surface area contributed by atoms with E-state index in [0.717, 1.165) is 16.5 Å². The minimum atomic E-state index is -4.77. The van der Waals surface area contributed by atoms with Crippen LogP contribution in [-0.2, 0) is 24.8 Å². The molecule has 1 heterocycles. The van der Waals surface area contributed by atoms with E-state index in [9.17, 15) is 18.0 Å². The number of carbonyl (C=O) groups excluding carboxylic acids is 1. The van der Waals surface area contributed by atoms with Crippen molar-refractivity contribution in [3.05, 3.63) is 65.9 Å². The molecule has 4 nitrogen and oxygen atoms in total. The molecule has 0 saturated heterocycles. The highest BCUT2D eigenvalue weighted by Gasteiger charge is 2.31. The topological polar surface area (TPSA) is 43.3 Å². The fraction of sp³-hybridized carbons (Fsp3) is 0.211. The molecule has 3 rings (SSSR count). The summed E-state index contributed by atoms with van der Waals surface area (Å²) >= 11 is 0. The SMILES string of the molecule is Cn1cc(CC(=O)NCc2ccccc2OC(F)(F)F)c2ccccc21. The average molecular weight is 362 g/mol. The van der Waals surface area contributed by atoms with Gasteiger partial charge >= 0.3 is 6.36 Å². The molecule has 0 aliphatic heterocycles. The first kappa shape index (κ1) is 17.8. The number of nitrogens with one attached hydrogen (secondary N) is 1. The summed E-state index contributed by atoms with van der Waals surface area (Å²) in [5, 5.41) is 3.63. The van der Waals surface area contributed by atoms with Gasteiger partial charge in [0.05, 0.1) is 6.42 Å². The normalized spacial score (nSPS) is 11.5. The summed E-state index contributed by atoms with van der Waals surface area (Å²) in [7, 11) is 1.90. The molecule has 0 atom stereocenters. The van der Waals surface area contributed by atoms with Crippen LogP contribution in [0.25, 0.3) is 10.9 Å². The van der Waals surface area contributed by atoms with Crippen LogP contribution < -0.4 is 10.1 Å². The zero-order valence-corrected chi connectivity index (χ0v) is 14.0. The predicted molar refractivity (Wildman–Crippen MR) is 91.6 cm³/mol. The number of alkyl halides is 3. The van der Waals surface area contributed by atoms with Crippen molar-refractivity contribution in [2.24, 2.45) is 7.05 Å². The molecule has 0 radical (unpaired) electrons. The predicted octanol–water partition coefficient (Wildman–Crippen LogP) is 3.94. The molecule has 3 aromatic rings. The quantitative estimate of drug-likeness (QED) is 0.747. The number of para-hydroxylation sites is 2. The van der Waals surface area contributed by atoms with Crippen molar-refractivity contribution in [1.29, 1.82) is 0 Å². The summed E-state index contributed by atoms with van der Waals surface area (Å²) in [5.74, 6) is -0.589. The molecule has 26 heavy (non-hydrogen) atoms. The van der Waals surface area contributed by atoms with Gasteiger partial charge in [0.15, 0.2) is 0 Å². The van der Waals surface area contributed by atoms with Gasteiger partial charge in [0.1, 0.15) is 5.75 Å². The molecule has 0 aliphatic rings. The highest BCUT2D eigenvalue weighted by molar-refractivity contribution is 5.89. The van der Waals surface area contributed by atoms with Crippen LogP contribution in [0, 0.1) is 0 Å². The maximum atomic E-state index is 12.4. The lowest BCUT2D eigenvalue weighted by Gasteiger charge is -2.13. The van der Waals surface area contributed by atoms with Crippen molar-refractivity contribution in [2.45, 2.75) is 19.3 Å². The number of benzene rings is 2. The van der Waals surface area contributed by atoms with Crippen molar-refractivity contribution in [1.82, 2.24) is 9.88 Å². The number of halogens is 3. The Morgan fingerprint density at radius 2 is 1.77 bits per heavy atom. The van der Waals surface area contributed by atoms with Crippen LogP contribution >= 0.6 is 0 Å². The molecule has 0 unspecified atom stereocenters. The summed E-state index contributed by atoms with van der Waals surface area (Å²) in [6.45, 7) is -0.0458. The third-order valence-electron chi connectivity index (χ3n) is 4.00. The second kappa shape index (κ2) is 7.11. The zero-order valence-electron chi connectivity index (χ0n) is 14.0. The Morgan fingerprint density at radius 1 is 1.08 bits per heavy atom. The van der Waals surface area contributed by atoms with Gasteiger partial charge in [0.2, 0.25) is 5.91 Å². The first-order valence-electron chi connectivity index (χ1n) is 7.97. The van der Waals surface area contributed by atoms with Gasteiger partial charge in [-0.25, -0.2) is 0 Å². The van der Waals surface area contributed by atoms with Gasteiger partial charge in [-0.2, -0.15) is 0 Å². The number of aromatic nitrogens is 1. The minimum Gasteiger partial charge on any atom is -0.405 e. The molecule has 0 spiro atoms. The van der Waals surface area contributed by atoms with Crippen LogP contribution in [-0.4, -0.2) is 16.8 Å². The number of hydrogen-bond donors (Lipinski definition) is 1. The lowest BCUT2D eigenvalue weighted by atomic mass is 10.1. The van der Waals surface area contributed by atoms with Crippen molar-refractivity contribution >= 4 is 16.8 Å². The fourth-order valence-electron chi connectivity index (χ4n) is 2.87. The number of rotatable bonds is 5. The van der Waals surface area contributed by atoms with E-state index in [4.69, 9.17) is 0 Å². The second-order valence-electron chi connectivity index (χ2n) is 5.89. The van der Waals surface area contributed by atoms with Gasteiger partial charge in [-0.1, -0.05) is 36.4 Å². The number of fused-ring (bicyclic) bond motifs is 1. The molecule has 7 heteroatoms. The molecule has 1 aromatic heterocycles. The fourth-order valence-corrected chi connectivity index (χ4v) is 2.87. The van der Waals surface area contributed by atoms with Crippen molar-refractivity contribution in [3.8, 4) is 5.75 Å². The Hall–Kier alpha value is -2.96. The number of amides is 1. The van der Waals surface area contributed by atoms with Crippen molar-refractivity contribution < 1.29 is 22.7 Å². The van der Waals surface area contributed by atoms with Gasteiger partial charge in [-0.3, -0.25) is 4.79 Å².